The third-order valence-electron chi connectivity index (χ3n) is 5.98. The molecule has 32 heavy (non-hydrogen) atoms. The van der Waals surface area contributed by atoms with Crippen molar-refractivity contribution in [2.24, 2.45) is 7.05 Å². The molecule has 0 fully saturated rings. The van der Waals surface area contributed by atoms with E-state index in [1.165, 1.54) is 15.6 Å². The Kier molecular flexibility index (Phi) is 6.12. The molecule has 0 bridgehead atoms. The minimum atomic E-state index is -0.731. The lowest BCUT2D eigenvalue weighted by atomic mass is 10.0. The topological polar surface area (TPSA) is 66.1 Å². The predicted molar refractivity (Wildman–Crippen MR) is 127 cm³/mol. The molecule has 2 heterocycles. The summed E-state index contributed by atoms with van der Waals surface area (Å²) >= 11 is 0. The molecule has 2 aromatic carbocycles. The van der Waals surface area contributed by atoms with E-state index >= 15 is 0 Å². The number of carbonyl (C=O) groups excluding carboxylic acids is 1. The average Bonchev–Trinajstić information content (AvgIpc) is 3.11. The van der Waals surface area contributed by atoms with E-state index in [2.05, 4.69) is 35.9 Å². The summed E-state index contributed by atoms with van der Waals surface area (Å²) in [5.41, 5.74) is 4.03. The van der Waals surface area contributed by atoms with E-state index in [1.54, 1.807) is 6.92 Å². The second kappa shape index (κ2) is 8.99. The number of hydrogen-bond donors (Lipinski definition) is 0. The van der Waals surface area contributed by atoms with Gasteiger partial charge in [0.05, 0.1) is 17.7 Å². The lowest BCUT2D eigenvalue weighted by Crippen LogP contribution is -2.34. The van der Waals surface area contributed by atoms with Gasteiger partial charge >= 0.3 is 5.97 Å². The second-order valence-electron chi connectivity index (χ2n) is 8.21. The molecule has 0 saturated heterocycles. The summed E-state index contributed by atoms with van der Waals surface area (Å²) in [6.45, 7) is 6.13. The summed E-state index contributed by atoms with van der Waals surface area (Å²) in [7, 11) is 2.04. The molecule has 4 aromatic rings. The Morgan fingerprint density at radius 3 is 2.56 bits per heavy atom. The first-order chi connectivity index (χ1) is 15.5. The third-order valence-corrected chi connectivity index (χ3v) is 5.98. The monoisotopic (exact) mass is 431 g/mol. The molecule has 6 heteroatoms. The van der Waals surface area contributed by atoms with Gasteiger partial charge in [-0.05, 0) is 43.5 Å². The predicted octanol–water partition coefficient (Wildman–Crippen LogP) is 4.69. The van der Waals surface area contributed by atoms with E-state index in [4.69, 9.17) is 9.84 Å². The van der Waals surface area contributed by atoms with Gasteiger partial charge in [-0.2, -0.15) is 5.10 Å². The number of fused-ring (bicyclic) bond motifs is 2. The van der Waals surface area contributed by atoms with E-state index in [0.717, 1.165) is 28.6 Å². The van der Waals surface area contributed by atoms with Gasteiger partial charge in [0.1, 0.15) is 0 Å². The van der Waals surface area contributed by atoms with Crippen LogP contribution in [-0.2, 0) is 23.0 Å². The van der Waals surface area contributed by atoms with Gasteiger partial charge in [-0.25, -0.2) is 9.48 Å². The van der Waals surface area contributed by atoms with Crippen molar-refractivity contribution in [3.05, 3.63) is 75.8 Å². The highest BCUT2D eigenvalue weighted by Crippen LogP contribution is 2.28. The fourth-order valence-corrected chi connectivity index (χ4v) is 4.51. The molecule has 4 rings (SSSR count). The Bertz CT molecular complexity index is 1350. The Labute approximate surface area is 187 Å². The van der Waals surface area contributed by atoms with Gasteiger partial charge in [-0.1, -0.05) is 43.7 Å². The van der Waals surface area contributed by atoms with Crippen molar-refractivity contribution in [2.75, 3.05) is 6.61 Å². The van der Waals surface area contributed by atoms with Crippen LogP contribution in [0.5, 0.6) is 0 Å². The van der Waals surface area contributed by atoms with E-state index in [1.807, 2.05) is 38.2 Å². The molecule has 0 aliphatic heterocycles. The number of ether oxygens (including phenoxy) is 1. The summed E-state index contributed by atoms with van der Waals surface area (Å²) in [6, 6.07) is 13.0. The quantitative estimate of drug-likeness (QED) is 0.398. The highest BCUT2D eigenvalue weighted by Gasteiger charge is 2.25. The van der Waals surface area contributed by atoms with E-state index in [0.29, 0.717) is 18.2 Å². The zero-order valence-corrected chi connectivity index (χ0v) is 19.1. The standard InChI is InChI=1S/C26H29N3O3/c1-5-10-23(26(31)32-6-2)29-25(30)20-13-8-7-12-19(20)21(27-29)15-18-16-28(4)22-14-9-11-17(3)24(18)22/h7-9,11-14,16,23H,5-6,10,15H2,1-4H3. The van der Waals surface area contributed by atoms with Crippen LogP contribution in [0.1, 0.15) is 49.6 Å². The zero-order chi connectivity index (χ0) is 22.8. The zero-order valence-electron chi connectivity index (χ0n) is 19.1. The fraction of sp³-hybridized carbons (Fsp3) is 0.346. The Morgan fingerprint density at radius 2 is 1.84 bits per heavy atom. The molecular weight excluding hydrogens is 402 g/mol. The molecule has 0 aliphatic carbocycles. The summed E-state index contributed by atoms with van der Waals surface area (Å²) in [5, 5.41) is 7.35. The molecule has 0 aliphatic rings. The Hall–Kier alpha value is -3.41. The van der Waals surface area contributed by atoms with E-state index in [9.17, 15) is 9.59 Å². The molecule has 0 amide bonds. The van der Waals surface area contributed by atoms with Crippen molar-refractivity contribution >= 4 is 27.6 Å². The molecule has 0 radical (unpaired) electrons. The smallest absolute Gasteiger partial charge is 0.331 e. The van der Waals surface area contributed by atoms with Crippen molar-refractivity contribution in [3.63, 3.8) is 0 Å². The average molecular weight is 432 g/mol. The third kappa shape index (κ3) is 3.81. The van der Waals surface area contributed by atoms with Crippen LogP contribution in [0.3, 0.4) is 0 Å². The van der Waals surface area contributed by atoms with Crippen molar-refractivity contribution in [2.45, 2.75) is 46.1 Å². The maximum Gasteiger partial charge on any atom is 0.331 e. The first-order valence-electron chi connectivity index (χ1n) is 11.2. The SMILES string of the molecule is CCCC(C(=O)OCC)n1nc(Cc2cn(C)c3cccc(C)c23)c2ccccc2c1=O. The van der Waals surface area contributed by atoms with Crippen LogP contribution >= 0.6 is 0 Å². The molecule has 0 N–H and O–H groups in total. The van der Waals surface area contributed by atoms with Gasteiger partial charge in [0.25, 0.3) is 5.56 Å². The molecular formula is C26H29N3O3. The molecule has 6 nitrogen and oxygen atoms in total. The highest BCUT2D eigenvalue weighted by molar-refractivity contribution is 5.89. The lowest BCUT2D eigenvalue weighted by Gasteiger charge is -2.18. The number of nitrogens with zero attached hydrogens (tertiary/aromatic N) is 3. The summed E-state index contributed by atoms with van der Waals surface area (Å²) in [6.07, 6.45) is 3.92. The second-order valence-corrected chi connectivity index (χ2v) is 8.21. The summed E-state index contributed by atoms with van der Waals surface area (Å²) < 4.78 is 8.73. The van der Waals surface area contributed by atoms with Crippen LogP contribution in [0.15, 0.2) is 53.5 Å². The van der Waals surface area contributed by atoms with Crippen LogP contribution in [0.2, 0.25) is 0 Å². The normalized spacial score (nSPS) is 12.4. The lowest BCUT2D eigenvalue weighted by molar-refractivity contribution is -0.147. The number of esters is 1. The van der Waals surface area contributed by atoms with Gasteiger partial charge in [-0.3, -0.25) is 4.79 Å². The summed E-state index contributed by atoms with van der Waals surface area (Å²) in [5.74, 6) is -0.411. The number of aromatic nitrogens is 3. The van der Waals surface area contributed by atoms with Gasteiger partial charge in [0.15, 0.2) is 6.04 Å². The van der Waals surface area contributed by atoms with Gasteiger partial charge in [-0.15, -0.1) is 0 Å². The number of benzene rings is 2. The maximum atomic E-state index is 13.3. The van der Waals surface area contributed by atoms with E-state index < -0.39 is 12.0 Å². The minimum Gasteiger partial charge on any atom is -0.464 e. The van der Waals surface area contributed by atoms with Gasteiger partial charge in [0, 0.05) is 36.0 Å². The van der Waals surface area contributed by atoms with Crippen molar-refractivity contribution in [1.82, 2.24) is 14.3 Å². The number of hydrogen-bond acceptors (Lipinski definition) is 4. The molecule has 0 spiro atoms. The maximum absolute atomic E-state index is 13.3. The van der Waals surface area contributed by atoms with Crippen molar-refractivity contribution in [3.8, 4) is 0 Å². The number of aryl methyl sites for hydroxylation is 2. The van der Waals surface area contributed by atoms with Crippen LogP contribution < -0.4 is 5.56 Å². The first kappa shape index (κ1) is 21.8. The van der Waals surface area contributed by atoms with Gasteiger partial charge in [0.2, 0.25) is 0 Å². The number of carbonyl (C=O) groups is 1. The largest absolute Gasteiger partial charge is 0.464 e. The molecule has 1 atom stereocenters. The molecule has 0 saturated carbocycles. The van der Waals surface area contributed by atoms with Gasteiger partial charge < -0.3 is 9.30 Å². The molecule has 166 valence electrons. The van der Waals surface area contributed by atoms with Crippen molar-refractivity contribution in [1.29, 1.82) is 0 Å². The minimum absolute atomic E-state index is 0.259. The molecule has 2 aromatic heterocycles. The van der Waals surface area contributed by atoms with Crippen LogP contribution in [-0.4, -0.2) is 26.9 Å². The first-order valence-corrected chi connectivity index (χ1v) is 11.2. The summed E-state index contributed by atoms with van der Waals surface area (Å²) in [4.78, 5) is 26.0. The van der Waals surface area contributed by atoms with Crippen LogP contribution in [0, 0.1) is 6.92 Å². The van der Waals surface area contributed by atoms with E-state index in [-0.39, 0.29) is 12.2 Å². The molecule has 1 unspecified atom stereocenters. The highest BCUT2D eigenvalue weighted by atomic mass is 16.5. The number of rotatable bonds is 7. The van der Waals surface area contributed by atoms with Crippen LogP contribution in [0.4, 0.5) is 0 Å². The van der Waals surface area contributed by atoms with Crippen molar-refractivity contribution < 1.29 is 9.53 Å². The Morgan fingerprint density at radius 1 is 1.09 bits per heavy atom. The van der Waals surface area contributed by atoms with Crippen LogP contribution in [0.25, 0.3) is 21.7 Å². The fourth-order valence-electron chi connectivity index (χ4n) is 4.51. The Balaban J connectivity index is 1.92.